The Balaban J connectivity index is 2.65. The molecule has 0 aromatic carbocycles. The van der Waals surface area contributed by atoms with Gasteiger partial charge < -0.3 is 15.5 Å². The van der Waals surface area contributed by atoms with Gasteiger partial charge in [-0.2, -0.15) is 0 Å². The second-order valence-electron chi connectivity index (χ2n) is 3.55. The van der Waals surface area contributed by atoms with Gasteiger partial charge in [-0.15, -0.1) is 0 Å². The van der Waals surface area contributed by atoms with Gasteiger partial charge in [0.15, 0.2) is 0 Å². The molecule has 0 aromatic rings. The lowest BCUT2D eigenvalue weighted by atomic mass is 10.2. The van der Waals surface area contributed by atoms with Gasteiger partial charge >= 0.3 is 6.09 Å². The summed E-state index contributed by atoms with van der Waals surface area (Å²) in [5, 5.41) is 19.2. The molecule has 1 saturated carbocycles. The largest absolute Gasteiger partial charge is 0.465 e. The van der Waals surface area contributed by atoms with E-state index in [0.717, 1.165) is 6.26 Å². The number of hydrogen-bond acceptors (Lipinski definition) is 4. The van der Waals surface area contributed by atoms with E-state index in [1.807, 2.05) is 0 Å². The van der Waals surface area contributed by atoms with E-state index < -0.39 is 33.3 Å². The lowest BCUT2D eigenvalue weighted by molar-refractivity contribution is 0.138. The van der Waals surface area contributed by atoms with Crippen LogP contribution in [-0.2, 0) is 9.84 Å². The highest BCUT2D eigenvalue weighted by Gasteiger charge is 2.38. The first-order chi connectivity index (χ1) is 6.30. The predicted octanol–water partition coefficient (Wildman–Crippen LogP) is -0.809. The molecular formula is C7H13NO5S. The Kier molecular flexibility index (Phi) is 3.01. The van der Waals surface area contributed by atoms with Gasteiger partial charge in [0.05, 0.1) is 17.4 Å². The first-order valence-electron chi connectivity index (χ1n) is 4.17. The van der Waals surface area contributed by atoms with Crippen LogP contribution in [0.25, 0.3) is 0 Å². The number of sulfone groups is 1. The summed E-state index contributed by atoms with van der Waals surface area (Å²) < 4.78 is 22.2. The van der Waals surface area contributed by atoms with Gasteiger partial charge in [-0.3, -0.25) is 0 Å². The quantitative estimate of drug-likeness (QED) is 0.568. The third-order valence-corrected chi connectivity index (χ3v) is 4.00. The van der Waals surface area contributed by atoms with Crippen molar-refractivity contribution in [3.8, 4) is 0 Å². The average molecular weight is 223 g/mol. The number of aliphatic hydroxyl groups excluding tert-OH is 1. The Morgan fingerprint density at radius 1 is 1.43 bits per heavy atom. The van der Waals surface area contributed by atoms with Crippen LogP contribution in [0.15, 0.2) is 0 Å². The van der Waals surface area contributed by atoms with Crippen molar-refractivity contribution in [2.24, 2.45) is 0 Å². The van der Waals surface area contributed by atoms with Crippen molar-refractivity contribution in [3.05, 3.63) is 0 Å². The van der Waals surface area contributed by atoms with Crippen LogP contribution in [0.2, 0.25) is 0 Å². The Bertz CT molecular complexity index is 325. The molecule has 0 aromatic heterocycles. The smallest absolute Gasteiger partial charge is 0.404 e. The van der Waals surface area contributed by atoms with E-state index in [0.29, 0.717) is 0 Å². The van der Waals surface area contributed by atoms with Crippen LogP contribution < -0.4 is 5.32 Å². The molecule has 82 valence electrons. The van der Waals surface area contributed by atoms with Crippen LogP contribution >= 0.6 is 0 Å². The molecule has 0 heterocycles. The zero-order valence-electron chi connectivity index (χ0n) is 7.67. The maximum atomic E-state index is 11.1. The summed E-state index contributed by atoms with van der Waals surface area (Å²) >= 11 is 0. The molecule has 14 heavy (non-hydrogen) atoms. The molecule has 1 aliphatic rings. The van der Waals surface area contributed by atoms with Crippen molar-refractivity contribution >= 4 is 15.9 Å². The van der Waals surface area contributed by atoms with E-state index in [1.165, 1.54) is 0 Å². The predicted molar refractivity (Wildman–Crippen MR) is 48.8 cm³/mol. The number of amides is 1. The van der Waals surface area contributed by atoms with Gasteiger partial charge in [0.2, 0.25) is 0 Å². The lowest BCUT2D eigenvalue weighted by Crippen LogP contribution is -2.39. The normalized spacial score (nSPS) is 32.9. The van der Waals surface area contributed by atoms with E-state index in [2.05, 4.69) is 5.32 Å². The van der Waals surface area contributed by atoms with Gasteiger partial charge in [-0.1, -0.05) is 0 Å². The molecule has 1 rings (SSSR count). The first kappa shape index (κ1) is 11.3. The Hall–Kier alpha value is -0.820. The Labute approximate surface area is 81.8 Å². The number of rotatable bonds is 2. The maximum Gasteiger partial charge on any atom is 0.404 e. The highest BCUT2D eigenvalue weighted by Crippen LogP contribution is 2.25. The number of carbonyl (C=O) groups is 1. The minimum Gasteiger partial charge on any atom is -0.465 e. The van der Waals surface area contributed by atoms with Gasteiger partial charge in [-0.25, -0.2) is 13.2 Å². The molecule has 6 nitrogen and oxygen atoms in total. The summed E-state index contributed by atoms with van der Waals surface area (Å²) in [5.74, 6) is 0. The monoisotopic (exact) mass is 223 g/mol. The molecule has 1 unspecified atom stereocenters. The second kappa shape index (κ2) is 3.74. The van der Waals surface area contributed by atoms with Crippen LogP contribution in [-0.4, -0.2) is 48.4 Å². The van der Waals surface area contributed by atoms with Crippen LogP contribution in [0, 0.1) is 0 Å². The number of carboxylic acid groups (broad SMARTS) is 1. The van der Waals surface area contributed by atoms with Gasteiger partial charge in [0, 0.05) is 6.26 Å². The number of hydrogen-bond donors (Lipinski definition) is 3. The summed E-state index contributed by atoms with van der Waals surface area (Å²) in [6.07, 6.45) is -0.821. The van der Waals surface area contributed by atoms with Gasteiger partial charge in [-0.05, 0) is 12.8 Å². The van der Waals surface area contributed by atoms with Crippen LogP contribution in [0.5, 0.6) is 0 Å². The summed E-state index contributed by atoms with van der Waals surface area (Å²) in [7, 11) is -3.20. The molecule has 1 amide bonds. The zero-order chi connectivity index (χ0) is 10.9. The molecule has 0 aliphatic heterocycles. The fourth-order valence-corrected chi connectivity index (χ4v) is 2.74. The molecule has 0 spiro atoms. The summed E-state index contributed by atoms with van der Waals surface area (Å²) in [6, 6.07) is -0.674. The summed E-state index contributed by atoms with van der Waals surface area (Å²) in [4.78, 5) is 10.3. The van der Waals surface area contributed by atoms with E-state index in [-0.39, 0.29) is 12.8 Å². The molecule has 3 N–H and O–H groups in total. The van der Waals surface area contributed by atoms with Crippen LogP contribution in [0.4, 0.5) is 4.79 Å². The summed E-state index contributed by atoms with van der Waals surface area (Å²) in [5.41, 5.74) is 0. The molecule has 1 aliphatic carbocycles. The van der Waals surface area contributed by atoms with E-state index in [1.54, 1.807) is 0 Å². The van der Waals surface area contributed by atoms with Crippen molar-refractivity contribution in [1.82, 2.24) is 5.32 Å². The third kappa shape index (κ3) is 2.58. The maximum absolute atomic E-state index is 11.1. The standard InChI is InChI=1S/C7H13NO5S/c1-14(12,13)4-2-5(6(9)3-4)8-7(10)11/h4-6,8-9H,2-3H2,1H3,(H,10,11)/t4-,5?,6-/m1/s1. The fourth-order valence-electron chi connectivity index (χ4n) is 1.63. The Morgan fingerprint density at radius 3 is 2.36 bits per heavy atom. The topological polar surface area (TPSA) is 104 Å². The minimum atomic E-state index is -3.20. The fraction of sp³-hybridized carbons (Fsp3) is 0.857. The molecule has 0 bridgehead atoms. The minimum absolute atomic E-state index is 0.101. The second-order valence-corrected chi connectivity index (χ2v) is 5.87. The Morgan fingerprint density at radius 2 is 2.00 bits per heavy atom. The van der Waals surface area contributed by atoms with Crippen LogP contribution in [0.3, 0.4) is 0 Å². The van der Waals surface area contributed by atoms with E-state index in [4.69, 9.17) is 5.11 Å². The van der Waals surface area contributed by atoms with Crippen LogP contribution in [0.1, 0.15) is 12.8 Å². The van der Waals surface area contributed by atoms with Gasteiger partial charge in [0.1, 0.15) is 9.84 Å². The lowest BCUT2D eigenvalue weighted by Gasteiger charge is -2.12. The molecule has 3 atom stereocenters. The average Bonchev–Trinajstić information content (AvgIpc) is 2.30. The molecule has 1 fully saturated rings. The van der Waals surface area contributed by atoms with Crippen molar-refractivity contribution in [2.75, 3.05) is 6.26 Å². The summed E-state index contributed by atoms with van der Waals surface area (Å²) in [6.45, 7) is 0. The number of nitrogens with one attached hydrogen (secondary N) is 1. The SMILES string of the molecule is CS(=O)(=O)[C@@H]1CC(NC(=O)O)[C@H](O)C1. The highest BCUT2D eigenvalue weighted by molar-refractivity contribution is 7.91. The highest BCUT2D eigenvalue weighted by atomic mass is 32.2. The van der Waals surface area contributed by atoms with E-state index >= 15 is 0 Å². The number of aliphatic hydroxyl groups is 1. The molecule has 0 radical (unpaired) electrons. The van der Waals surface area contributed by atoms with Gasteiger partial charge in [0.25, 0.3) is 0 Å². The molecular weight excluding hydrogens is 210 g/mol. The zero-order valence-corrected chi connectivity index (χ0v) is 8.49. The molecule has 7 heteroatoms. The molecule has 0 saturated heterocycles. The van der Waals surface area contributed by atoms with Crippen molar-refractivity contribution < 1.29 is 23.4 Å². The van der Waals surface area contributed by atoms with Crippen molar-refractivity contribution in [2.45, 2.75) is 30.2 Å². The van der Waals surface area contributed by atoms with Crippen molar-refractivity contribution in [3.63, 3.8) is 0 Å². The van der Waals surface area contributed by atoms with Crippen molar-refractivity contribution in [1.29, 1.82) is 0 Å². The first-order valence-corrected chi connectivity index (χ1v) is 6.12. The third-order valence-electron chi connectivity index (χ3n) is 2.40. The van der Waals surface area contributed by atoms with E-state index in [9.17, 15) is 18.3 Å².